The molecule has 0 saturated heterocycles. The highest BCUT2D eigenvalue weighted by molar-refractivity contribution is 5.44. The Bertz CT molecular complexity index is 753. The van der Waals surface area contributed by atoms with Crippen LogP contribution in [0.5, 0.6) is 0 Å². The van der Waals surface area contributed by atoms with Crippen LogP contribution in [0.4, 0.5) is 10.2 Å². The summed E-state index contributed by atoms with van der Waals surface area (Å²) >= 11 is 0. The van der Waals surface area contributed by atoms with E-state index in [-0.39, 0.29) is 11.9 Å². The third-order valence-electron chi connectivity index (χ3n) is 3.13. The number of aryl methyl sites for hydroxylation is 1. The maximum absolute atomic E-state index is 13.6. The minimum absolute atomic E-state index is 0.0773. The molecule has 0 amide bonds. The summed E-state index contributed by atoms with van der Waals surface area (Å²) in [6.45, 7) is 3.68. The van der Waals surface area contributed by atoms with E-state index in [1.165, 1.54) is 10.7 Å². The second-order valence-corrected chi connectivity index (χ2v) is 4.62. The maximum Gasteiger partial charge on any atom is 0.200 e. The van der Waals surface area contributed by atoms with Crippen molar-refractivity contribution in [3.8, 4) is 0 Å². The lowest BCUT2D eigenvalue weighted by atomic mass is 10.1. The first-order valence-electron chi connectivity index (χ1n) is 6.21. The van der Waals surface area contributed by atoms with Crippen molar-refractivity contribution < 1.29 is 4.39 Å². The van der Waals surface area contributed by atoms with Crippen molar-refractivity contribution in [2.24, 2.45) is 0 Å². The van der Waals surface area contributed by atoms with Crippen LogP contribution in [0.2, 0.25) is 0 Å². The summed E-state index contributed by atoms with van der Waals surface area (Å²) in [4.78, 5) is 0. The number of aromatic nitrogens is 5. The van der Waals surface area contributed by atoms with Gasteiger partial charge in [0.1, 0.15) is 11.6 Å². The molecule has 1 atom stereocenters. The van der Waals surface area contributed by atoms with Gasteiger partial charge in [0.2, 0.25) is 0 Å². The quantitative estimate of drug-likeness (QED) is 0.791. The van der Waals surface area contributed by atoms with Crippen molar-refractivity contribution in [1.29, 1.82) is 0 Å². The van der Waals surface area contributed by atoms with Gasteiger partial charge in [-0.15, -0.1) is 14.8 Å². The molecule has 7 heteroatoms. The second kappa shape index (κ2) is 4.84. The summed E-state index contributed by atoms with van der Waals surface area (Å²) in [6.07, 6.45) is 0. The van der Waals surface area contributed by atoms with E-state index < -0.39 is 0 Å². The van der Waals surface area contributed by atoms with Crippen LogP contribution in [0, 0.1) is 12.7 Å². The van der Waals surface area contributed by atoms with Gasteiger partial charge in [-0.3, -0.25) is 0 Å². The van der Waals surface area contributed by atoms with Gasteiger partial charge in [0, 0.05) is 0 Å². The molecule has 0 aliphatic rings. The molecule has 3 aromatic rings. The number of halogens is 1. The van der Waals surface area contributed by atoms with E-state index in [2.05, 4.69) is 25.9 Å². The molecule has 1 N–H and O–H groups in total. The number of nitrogens with one attached hydrogen (secondary N) is 1. The number of anilines is 1. The fourth-order valence-electron chi connectivity index (χ4n) is 1.91. The number of tetrazole rings is 1. The highest BCUT2D eigenvalue weighted by Gasteiger charge is 2.09. The van der Waals surface area contributed by atoms with Crippen LogP contribution >= 0.6 is 0 Å². The molecule has 0 saturated carbocycles. The largest absolute Gasteiger partial charge is 0.362 e. The van der Waals surface area contributed by atoms with Crippen LogP contribution in [-0.4, -0.2) is 25.3 Å². The molecular formula is C13H13FN6. The second-order valence-electron chi connectivity index (χ2n) is 4.62. The summed E-state index contributed by atoms with van der Waals surface area (Å²) in [5.74, 6) is 0.415. The van der Waals surface area contributed by atoms with Gasteiger partial charge in [0.25, 0.3) is 0 Å². The van der Waals surface area contributed by atoms with Crippen LogP contribution in [0.1, 0.15) is 24.1 Å². The van der Waals surface area contributed by atoms with E-state index in [1.807, 2.05) is 13.0 Å². The zero-order valence-electron chi connectivity index (χ0n) is 11.1. The molecule has 0 bridgehead atoms. The summed E-state index contributed by atoms with van der Waals surface area (Å²) in [5.41, 5.74) is 2.06. The van der Waals surface area contributed by atoms with Crippen molar-refractivity contribution in [2.75, 3.05) is 5.32 Å². The number of hydrogen-bond donors (Lipinski definition) is 1. The van der Waals surface area contributed by atoms with E-state index in [4.69, 9.17) is 0 Å². The van der Waals surface area contributed by atoms with E-state index >= 15 is 0 Å². The van der Waals surface area contributed by atoms with E-state index in [9.17, 15) is 4.39 Å². The molecule has 2 heterocycles. The Morgan fingerprint density at radius 1 is 1.25 bits per heavy atom. The molecular weight excluding hydrogens is 259 g/mol. The lowest BCUT2D eigenvalue weighted by molar-refractivity contribution is 0.614. The minimum atomic E-state index is -0.208. The Balaban J connectivity index is 1.83. The Morgan fingerprint density at radius 2 is 2.10 bits per heavy atom. The molecule has 1 aromatic carbocycles. The highest BCUT2D eigenvalue weighted by Crippen LogP contribution is 2.20. The monoisotopic (exact) mass is 272 g/mol. The van der Waals surface area contributed by atoms with Gasteiger partial charge in [-0.25, -0.2) is 4.39 Å². The van der Waals surface area contributed by atoms with Crippen LogP contribution in [0.3, 0.4) is 0 Å². The molecule has 0 radical (unpaired) electrons. The van der Waals surface area contributed by atoms with E-state index in [0.29, 0.717) is 17.0 Å². The number of fused-ring (bicyclic) bond motifs is 1. The van der Waals surface area contributed by atoms with Gasteiger partial charge in [-0.05, 0) is 53.6 Å². The lowest BCUT2D eigenvalue weighted by Crippen LogP contribution is -2.10. The molecule has 0 spiro atoms. The van der Waals surface area contributed by atoms with Crippen LogP contribution in [-0.2, 0) is 0 Å². The Morgan fingerprint density at radius 3 is 2.90 bits per heavy atom. The Labute approximate surface area is 114 Å². The molecule has 3 rings (SSSR count). The van der Waals surface area contributed by atoms with Crippen molar-refractivity contribution in [3.63, 3.8) is 0 Å². The highest BCUT2D eigenvalue weighted by atomic mass is 19.1. The van der Waals surface area contributed by atoms with Crippen LogP contribution < -0.4 is 5.32 Å². The fraction of sp³-hybridized carbons (Fsp3) is 0.231. The fourth-order valence-corrected chi connectivity index (χ4v) is 1.91. The third kappa shape index (κ3) is 2.29. The number of rotatable bonds is 3. The standard InChI is InChI=1S/C13H13FN6/c1-8-3-4-10(7-11(8)14)9(2)15-12-5-6-13-16-18-19-20(13)17-12/h3-7,9H,1-2H3,(H,15,17). The van der Waals surface area contributed by atoms with Crippen LogP contribution in [0.15, 0.2) is 30.3 Å². The van der Waals surface area contributed by atoms with Crippen molar-refractivity contribution >= 4 is 11.5 Å². The van der Waals surface area contributed by atoms with Gasteiger partial charge in [-0.2, -0.15) is 0 Å². The Hall–Kier alpha value is -2.57. The van der Waals surface area contributed by atoms with Crippen molar-refractivity contribution in [3.05, 3.63) is 47.3 Å². The van der Waals surface area contributed by atoms with Gasteiger partial charge in [-0.1, -0.05) is 12.1 Å². The predicted molar refractivity (Wildman–Crippen MR) is 71.8 cm³/mol. The smallest absolute Gasteiger partial charge is 0.200 e. The van der Waals surface area contributed by atoms with E-state index in [0.717, 1.165) is 5.56 Å². The third-order valence-corrected chi connectivity index (χ3v) is 3.13. The molecule has 20 heavy (non-hydrogen) atoms. The zero-order valence-corrected chi connectivity index (χ0v) is 11.1. The predicted octanol–water partition coefficient (Wildman–Crippen LogP) is 2.14. The molecule has 0 aliphatic heterocycles. The van der Waals surface area contributed by atoms with Crippen molar-refractivity contribution in [2.45, 2.75) is 19.9 Å². The first-order chi connectivity index (χ1) is 9.63. The maximum atomic E-state index is 13.6. The van der Waals surface area contributed by atoms with Crippen molar-refractivity contribution in [1.82, 2.24) is 25.3 Å². The first kappa shape index (κ1) is 12.5. The normalized spacial score (nSPS) is 12.6. The van der Waals surface area contributed by atoms with Gasteiger partial charge >= 0.3 is 0 Å². The summed E-state index contributed by atoms with van der Waals surface area (Å²) in [6, 6.07) is 8.66. The molecule has 1 unspecified atom stereocenters. The average molecular weight is 272 g/mol. The van der Waals surface area contributed by atoms with Gasteiger partial charge in [0.05, 0.1) is 6.04 Å². The zero-order chi connectivity index (χ0) is 14.1. The van der Waals surface area contributed by atoms with Gasteiger partial charge < -0.3 is 5.32 Å². The number of nitrogens with zero attached hydrogens (tertiary/aromatic N) is 5. The average Bonchev–Trinajstić information content (AvgIpc) is 2.89. The van der Waals surface area contributed by atoms with Gasteiger partial charge in [0.15, 0.2) is 5.65 Å². The van der Waals surface area contributed by atoms with Crippen LogP contribution in [0.25, 0.3) is 5.65 Å². The summed E-state index contributed by atoms with van der Waals surface area (Å²) in [7, 11) is 0. The molecule has 6 nitrogen and oxygen atoms in total. The molecule has 102 valence electrons. The molecule has 0 fully saturated rings. The molecule has 0 aliphatic carbocycles. The van der Waals surface area contributed by atoms with E-state index in [1.54, 1.807) is 25.1 Å². The number of hydrogen-bond acceptors (Lipinski definition) is 5. The number of benzene rings is 1. The summed E-state index contributed by atoms with van der Waals surface area (Å²) < 4.78 is 14.9. The summed E-state index contributed by atoms with van der Waals surface area (Å²) in [5, 5.41) is 18.4. The first-order valence-corrected chi connectivity index (χ1v) is 6.21. The SMILES string of the molecule is Cc1ccc(C(C)Nc2ccc3nnnn3n2)cc1F. The lowest BCUT2D eigenvalue weighted by Gasteiger charge is -2.15. The minimum Gasteiger partial charge on any atom is -0.362 e. The topological polar surface area (TPSA) is 68.0 Å². The Kier molecular flexibility index (Phi) is 3.02. The molecule has 2 aromatic heterocycles.